The van der Waals surface area contributed by atoms with Crippen molar-refractivity contribution in [3.05, 3.63) is 47.7 Å². The summed E-state index contributed by atoms with van der Waals surface area (Å²) in [7, 11) is 0. The van der Waals surface area contributed by atoms with Gasteiger partial charge < -0.3 is 14.8 Å². The minimum absolute atomic E-state index is 0.0862. The fourth-order valence-corrected chi connectivity index (χ4v) is 1.71. The molecular weight excluding hydrogens is 230 g/mol. The van der Waals surface area contributed by atoms with Crippen molar-refractivity contribution in [3.63, 3.8) is 0 Å². The van der Waals surface area contributed by atoms with Gasteiger partial charge in [0, 0.05) is 12.1 Å². The molecule has 4 nitrogen and oxygen atoms in total. The zero-order valence-corrected chi connectivity index (χ0v) is 10.1. The van der Waals surface area contributed by atoms with Crippen LogP contribution in [-0.4, -0.2) is 24.2 Å². The third-order valence-electron chi connectivity index (χ3n) is 2.64. The van der Waals surface area contributed by atoms with Crippen molar-refractivity contribution in [2.75, 3.05) is 13.2 Å². The molecule has 1 amide bonds. The van der Waals surface area contributed by atoms with Gasteiger partial charge in [-0.15, -0.1) is 0 Å². The number of hydrogen-bond donors (Lipinski definition) is 2. The summed E-state index contributed by atoms with van der Waals surface area (Å²) in [5, 5.41) is 11.2. The molecule has 0 aliphatic rings. The van der Waals surface area contributed by atoms with Crippen LogP contribution in [0.1, 0.15) is 16.1 Å². The summed E-state index contributed by atoms with van der Waals surface area (Å²) in [4.78, 5) is 11.6. The van der Waals surface area contributed by atoms with Gasteiger partial charge in [-0.2, -0.15) is 0 Å². The van der Waals surface area contributed by atoms with Crippen LogP contribution >= 0.6 is 0 Å². The van der Waals surface area contributed by atoms with E-state index in [1.165, 1.54) is 0 Å². The lowest BCUT2D eigenvalue weighted by Crippen LogP contribution is -2.25. The number of nitrogens with one attached hydrogen (secondary N) is 1. The summed E-state index contributed by atoms with van der Waals surface area (Å²) >= 11 is 0. The van der Waals surface area contributed by atoms with E-state index in [1.807, 2.05) is 31.2 Å². The molecule has 2 N–H and O–H groups in total. The van der Waals surface area contributed by atoms with Crippen molar-refractivity contribution in [2.24, 2.45) is 0 Å². The van der Waals surface area contributed by atoms with Crippen molar-refractivity contribution in [1.82, 2.24) is 5.32 Å². The highest BCUT2D eigenvalue weighted by Gasteiger charge is 2.12. The molecule has 2 aromatic rings. The molecule has 0 aliphatic heterocycles. The van der Waals surface area contributed by atoms with Crippen LogP contribution in [0.4, 0.5) is 0 Å². The summed E-state index contributed by atoms with van der Waals surface area (Å²) in [5.74, 6) is 0.604. The minimum Gasteiger partial charge on any atom is -0.451 e. The van der Waals surface area contributed by atoms with E-state index in [0.29, 0.717) is 5.76 Å². The Labute approximate surface area is 105 Å². The predicted molar refractivity (Wildman–Crippen MR) is 68.3 cm³/mol. The second-order valence-electron chi connectivity index (χ2n) is 3.96. The number of aliphatic hydroxyl groups excluding tert-OH is 1. The number of aryl methyl sites for hydroxylation is 1. The first-order valence-corrected chi connectivity index (χ1v) is 5.77. The molecule has 94 valence electrons. The number of hydrogen-bond acceptors (Lipinski definition) is 3. The SMILES string of the molecule is Cc1ccccc1-c1ccc(C(=O)NCCO)o1. The molecule has 0 aliphatic carbocycles. The Morgan fingerprint density at radius 2 is 2.06 bits per heavy atom. The molecule has 0 saturated carbocycles. The van der Waals surface area contributed by atoms with Crippen molar-refractivity contribution in [2.45, 2.75) is 6.92 Å². The highest BCUT2D eigenvalue weighted by molar-refractivity contribution is 5.92. The lowest BCUT2D eigenvalue weighted by Gasteiger charge is -2.02. The van der Waals surface area contributed by atoms with E-state index in [1.54, 1.807) is 12.1 Å². The van der Waals surface area contributed by atoms with Gasteiger partial charge >= 0.3 is 0 Å². The number of carbonyl (C=O) groups is 1. The van der Waals surface area contributed by atoms with Crippen LogP contribution in [0, 0.1) is 6.92 Å². The number of benzene rings is 1. The van der Waals surface area contributed by atoms with Crippen molar-refractivity contribution >= 4 is 5.91 Å². The number of carbonyl (C=O) groups excluding carboxylic acids is 1. The van der Waals surface area contributed by atoms with Gasteiger partial charge in [-0.1, -0.05) is 24.3 Å². The first kappa shape index (κ1) is 12.4. The van der Waals surface area contributed by atoms with E-state index in [2.05, 4.69) is 5.32 Å². The largest absolute Gasteiger partial charge is 0.451 e. The molecule has 1 heterocycles. The molecule has 18 heavy (non-hydrogen) atoms. The molecule has 0 atom stereocenters. The van der Waals surface area contributed by atoms with Gasteiger partial charge in [0.05, 0.1) is 6.61 Å². The molecule has 0 bridgehead atoms. The van der Waals surface area contributed by atoms with E-state index >= 15 is 0 Å². The summed E-state index contributed by atoms with van der Waals surface area (Å²) in [6.45, 7) is 2.12. The molecule has 0 spiro atoms. The van der Waals surface area contributed by atoms with Gasteiger partial charge in [-0.05, 0) is 24.6 Å². The topological polar surface area (TPSA) is 62.5 Å². The lowest BCUT2D eigenvalue weighted by molar-refractivity contribution is 0.0918. The molecule has 0 fully saturated rings. The number of aliphatic hydroxyl groups is 1. The van der Waals surface area contributed by atoms with Crippen LogP contribution < -0.4 is 5.32 Å². The van der Waals surface area contributed by atoms with Gasteiger partial charge in [0.15, 0.2) is 5.76 Å². The standard InChI is InChI=1S/C14H15NO3/c1-10-4-2-3-5-11(10)12-6-7-13(18-12)14(17)15-8-9-16/h2-7,16H,8-9H2,1H3,(H,15,17). The monoisotopic (exact) mass is 245 g/mol. The second-order valence-corrected chi connectivity index (χ2v) is 3.96. The Bertz CT molecular complexity index is 545. The van der Waals surface area contributed by atoms with E-state index in [4.69, 9.17) is 9.52 Å². The zero-order chi connectivity index (χ0) is 13.0. The predicted octanol–water partition coefficient (Wildman–Crippen LogP) is 1.98. The van der Waals surface area contributed by atoms with Crippen molar-refractivity contribution in [1.29, 1.82) is 0 Å². The molecular formula is C14H15NO3. The smallest absolute Gasteiger partial charge is 0.287 e. The average molecular weight is 245 g/mol. The molecule has 0 unspecified atom stereocenters. The van der Waals surface area contributed by atoms with Gasteiger partial charge in [-0.25, -0.2) is 0 Å². The van der Waals surface area contributed by atoms with Crippen LogP contribution in [0.3, 0.4) is 0 Å². The van der Waals surface area contributed by atoms with Crippen LogP contribution in [-0.2, 0) is 0 Å². The van der Waals surface area contributed by atoms with Crippen LogP contribution in [0.25, 0.3) is 11.3 Å². The Kier molecular flexibility index (Phi) is 3.79. The zero-order valence-electron chi connectivity index (χ0n) is 10.1. The quantitative estimate of drug-likeness (QED) is 0.865. The summed E-state index contributed by atoms with van der Waals surface area (Å²) in [6.07, 6.45) is 0. The summed E-state index contributed by atoms with van der Waals surface area (Å²) in [6, 6.07) is 11.2. The van der Waals surface area contributed by atoms with Gasteiger partial charge in [0.1, 0.15) is 5.76 Å². The number of rotatable bonds is 4. The second kappa shape index (κ2) is 5.51. The maximum absolute atomic E-state index is 11.6. The Morgan fingerprint density at radius 1 is 1.28 bits per heavy atom. The highest BCUT2D eigenvalue weighted by atomic mass is 16.4. The van der Waals surface area contributed by atoms with Crippen LogP contribution in [0.5, 0.6) is 0 Å². The third kappa shape index (κ3) is 2.60. The molecule has 1 aromatic heterocycles. The normalized spacial score (nSPS) is 10.3. The van der Waals surface area contributed by atoms with E-state index < -0.39 is 0 Å². The molecule has 4 heteroatoms. The van der Waals surface area contributed by atoms with Gasteiger partial charge in [0.2, 0.25) is 0 Å². The maximum Gasteiger partial charge on any atom is 0.287 e. The fourth-order valence-electron chi connectivity index (χ4n) is 1.71. The van der Waals surface area contributed by atoms with Gasteiger partial charge in [0.25, 0.3) is 5.91 Å². The fraction of sp³-hybridized carbons (Fsp3) is 0.214. The van der Waals surface area contributed by atoms with Crippen LogP contribution in [0.2, 0.25) is 0 Å². The van der Waals surface area contributed by atoms with E-state index in [0.717, 1.165) is 11.1 Å². The van der Waals surface area contributed by atoms with Gasteiger partial charge in [-0.3, -0.25) is 4.79 Å². The minimum atomic E-state index is -0.316. The number of furan rings is 1. The maximum atomic E-state index is 11.6. The lowest BCUT2D eigenvalue weighted by atomic mass is 10.1. The molecule has 1 aromatic carbocycles. The summed E-state index contributed by atoms with van der Waals surface area (Å²) < 4.78 is 5.52. The first-order chi connectivity index (χ1) is 8.72. The van der Waals surface area contributed by atoms with E-state index in [-0.39, 0.29) is 24.8 Å². The average Bonchev–Trinajstić information content (AvgIpc) is 2.86. The molecule has 0 saturated heterocycles. The van der Waals surface area contributed by atoms with Crippen LogP contribution in [0.15, 0.2) is 40.8 Å². The molecule has 2 rings (SSSR count). The third-order valence-corrected chi connectivity index (χ3v) is 2.64. The Morgan fingerprint density at radius 3 is 2.78 bits per heavy atom. The van der Waals surface area contributed by atoms with E-state index in [9.17, 15) is 4.79 Å². The van der Waals surface area contributed by atoms with Crippen molar-refractivity contribution < 1.29 is 14.3 Å². The number of amides is 1. The summed E-state index contributed by atoms with van der Waals surface area (Å²) in [5.41, 5.74) is 2.06. The van der Waals surface area contributed by atoms with Crippen molar-refractivity contribution in [3.8, 4) is 11.3 Å². The Hall–Kier alpha value is -2.07. The molecule has 0 radical (unpaired) electrons. The Balaban J connectivity index is 2.21. The highest BCUT2D eigenvalue weighted by Crippen LogP contribution is 2.25. The first-order valence-electron chi connectivity index (χ1n) is 5.77.